The van der Waals surface area contributed by atoms with E-state index < -0.39 is 11.9 Å². The lowest BCUT2D eigenvalue weighted by Crippen LogP contribution is -2.53. The van der Waals surface area contributed by atoms with Gasteiger partial charge in [0.1, 0.15) is 23.5 Å². The summed E-state index contributed by atoms with van der Waals surface area (Å²) in [4.78, 5) is 22.5. The number of primary amides is 1. The van der Waals surface area contributed by atoms with Gasteiger partial charge in [0.2, 0.25) is 5.91 Å². The molecule has 108 valence electrons. The Labute approximate surface area is 117 Å². The van der Waals surface area contributed by atoms with E-state index in [0.717, 1.165) is 24.2 Å². The van der Waals surface area contributed by atoms with Crippen LogP contribution in [0.15, 0.2) is 0 Å². The first-order valence-electron chi connectivity index (χ1n) is 6.85. The molecule has 0 radical (unpaired) electrons. The Morgan fingerprint density at radius 2 is 2.15 bits per heavy atom. The van der Waals surface area contributed by atoms with Crippen LogP contribution < -0.4 is 16.4 Å². The predicted molar refractivity (Wildman–Crippen MR) is 74.3 cm³/mol. The number of carbonyl (C=O) groups excluding carboxylic acids is 1. The molecule has 1 amide bonds. The van der Waals surface area contributed by atoms with E-state index in [1.807, 2.05) is 11.8 Å². The molecule has 2 fully saturated rings. The summed E-state index contributed by atoms with van der Waals surface area (Å²) in [7, 11) is 0. The van der Waals surface area contributed by atoms with E-state index in [1.54, 1.807) is 0 Å². The van der Waals surface area contributed by atoms with Gasteiger partial charge in [0.25, 0.3) is 0 Å². The molecule has 3 rings (SSSR count). The first-order valence-corrected chi connectivity index (χ1v) is 6.85. The molecule has 1 aromatic rings. The summed E-state index contributed by atoms with van der Waals surface area (Å²) in [6, 6.07) is -0.496. The van der Waals surface area contributed by atoms with E-state index in [9.17, 15) is 4.79 Å². The van der Waals surface area contributed by atoms with Crippen molar-refractivity contribution in [3.05, 3.63) is 11.4 Å². The number of morpholine rings is 1. The second-order valence-electron chi connectivity index (χ2n) is 5.38. The molecular formula is C13H19N5O2. The van der Waals surface area contributed by atoms with Gasteiger partial charge in [-0.2, -0.15) is 0 Å². The minimum atomic E-state index is -0.496. The number of hydrogen-bond donors (Lipinski definition) is 2. The van der Waals surface area contributed by atoms with E-state index in [-0.39, 0.29) is 6.61 Å². The van der Waals surface area contributed by atoms with Crippen molar-refractivity contribution in [1.82, 2.24) is 9.97 Å². The van der Waals surface area contributed by atoms with E-state index in [0.29, 0.717) is 30.7 Å². The van der Waals surface area contributed by atoms with Crippen LogP contribution >= 0.6 is 0 Å². The van der Waals surface area contributed by atoms with Gasteiger partial charge in [-0.05, 0) is 19.8 Å². The van der Waals surface area contributed by atoms with E-state index in [2.05, 4.69) is 9.97 Å². The number of hydrogen-bond acceptors (Lipinski definition) is 6. The van der Waals surface area contributed by atoms with Crippen molar-refractivity contribution in [2.75, 3.05) is 30.4 Å². The quantitative estimate of drug-likeness (QED) is 0.801. The number of amides is 1. The van der Waals surface area contributed by atoms with Gasteiger partial charge in [-0.15, -0.1) is 0 Å². The number of anilines is 2. The van der Waals surface area contributed by atoms with Gasteiger partial charge < -0.3 is 21.1 Å². The third-order valence-electron chi connectivity index (χ3n) is 3.85. The van der Waals surface area contributed by atoms with E-state index in [1.165, 1.54) is 0 Å². The zero-order valence-corrected chi connectivity index (χ0v) is 11.5. The van der Waals surface area contributed by atoms with Gasteiger partial charge in [-0.1, -0.05) is 0 Å². The Bertz CT molecular complexity index is 544. The maximum atomic E-state index is 11.6. The molecule has 1 aliphatic heterocycles. The summed E-state index contributed by atoms with van der Waals surface area (Å²) < 4.78 is 5.34. The molecule has 1 atom stereocenters. The second kappa shape index (κ2) is 4.90. The fourth-order valence-electron chi connectivity index (χ4n) is 2.44. The fraction of sp³-hybridized carbons (Fsp3) is 0.615. The van der Waals surface area contributed by atoms with Crippen molar-refractivity contribution in [2.24, 2.45) is 5.73 Å². The molecule has 7 heteroatoms. The molecule has 1 unspecified atom stereocenters. The number of nitrogens with two attached hydrogens (primary N) is 2. The largest absolute Gasteiger partial charge is 0.383 e. The highest BCUT2D eigenvalue weighted by Crippen LogP contribution is 2.39. The molecule has 2 heterocycles. The van der Waals surface area contributed by atoms with Crippen molar-refractivity contribution in [2.45, 2.75) is 31.7 Å². The normalized spacial score (nSPS) is 22.9. The molecule has 0 bridgehead atoms. The van der Waals surface area contributed by atoms with Crippen LogP contribution in [0.5, 0.6) is 0 Å². The number of nitrogen functional groups attached to an aromatic ring is 1. The molecule has 1 saturated carbocycles. The maximum absolute atomic E-state index is 11.6. The highest BCUT2D eigenvalue weighted by atomic mass is 16.5. The summed E-state index contributed by atoms with van der Waals surface area (Å²) in [5.41, 5.74) is 12.2. The van der Waals surface area contributed by atoms with Crippen LogP contribution in [0.4, 0.5) is 11.6 Å². The van der Waals surface area contributed by atoms with Crippen molar-refractivity contribution >= 4 is 17.5 Å². The Morgan fingerprint density at radius 3 is 2.80 bits per heavy atom. The summed E-state index contributed by atoms with van der Waals surface area (Å²) in [6.45, 7) is 3.28. The maximum Gasteiger partial charge on any atom is 0.242 e. The first-order chi connectivity index (χ1) is 9.58. The zero-order chi connectivity index (χ0) is 14.3. The van der Waals surface area contributed by atoms with Crippen LogP contribution in [0.25, 0.3) is 0 Å². The molecule has 20 heavy (non-hydrogen) atoms. The SMILES string of the molecule is Cc1c(N)nc(C2CC2)nc1N1CCOCC1C(N)=O. The highest BCUT2D eigenvalue weighted by Gasteiger charge is 2.33. The predicted octanol–water partition coefficient (Wildman–Crippen LogP) is -0.0649. The molecular weight excluding hydrogens is 258 g/mol. The number of aromatic nitrogens is 2. The molecule has 7 nitrogen and oxygen atoms in total. The lowest BCUT2D eigenvalue weighted by molar-refractivity contribution is -0.121. The fourth-order valence-corrected chi connectivity index (χ4v) is 2.44. The third kappa shape index (κ3) is 2.29. The third-order valence-corrected chi connectivity index (χ3v) is 3.85. The standard InChI is InChI=1S/C13H19N5O2/c1-7-10(14)16-12(8-2-3-8)17-13(7)18-4-5-20-6-9(18)11(15)19/h8-9H,2-6H2,1H3,(H2,15,19)(H2,14,16,17). The summed E-state index contributed by atoms with van der Waals surface area (Å²) in [5, 5.41) is 0. The first kappa shape index (κ1) is 13.1. The second-order valence-corrected chi connectivity index (χ2v) is 5.38. The molecule has 1 aliphatic carbocycles. The minimum absolute atomic E-state index is 0.289. The number of rotatable bonds is 3. The summed E-state index contributed by atoms with van der Waals surface area (Å²) in [5.74, 6) is 1.97. The smallest absolute Gasteiger partial charge is 0.242 e. The van der Waals surface area contributed by atoms with Gasteiger partial charge in [-0.3, -0.25) is 4.79 Å². The summed E-state index contributed by atoms with van der Waals surface area (Å²) in [6.07, 6.45) is 2.20. The molecule has 4 N–H and O–H groups in total. The van der Waals surface area contributed by atoms with Crippen molar-refractivity contribution in [3.8, 4) is 0 Å². The Hall–Kier alpha value is -1.89. The van der Waals surface area contributed by atoms with Crippen molar-refractivity contribution < 1.29 is 9.53 Å². The number of carbonyl (C=O) groups is 1. The topological polar surface area (TPSA) is 107 Å². The molecule has 0 spiro atoms. The number of ether oxygens (including phenoxy) is 1. The van der Waals surface area contributed by atoms with Crippen molar-refractivity contribution in [1.29, 1.82) is 0 Å². The average Bonchev–Trinajstić information content (AvgIpc) is 3.26. The molecule has 1 aromatic heterocycles. The Kier molecular flexibility index (Phi) is 3.21. The van der Waals surface area contributed by atoms with Gasteiger partial charge in [0, 0.05) is 18.0 Å². The Balaban J connectivity index is 2.00. The van der Waals surface area contributed by atoms with Crippen LogP contribution in [0.2, 0.25) is 0 Å². The van der Waals surface area contributed by atoms with Crippen LogP contribution in [0.1, 0.15) is 30.1 Å². The van der Waals surface area contributed by atoms with Crippen LogP contribution in [0, 0.1) is 6.92 Å². The van der Waals surface area contributed by atoms with Gasteiger partial charge in [0.15, 0.2) is 0 Å². The Morgan fingerprint density at radius 1 is 1.40 bits per heavy atom. The zero-order valence-electron chi connectivity index (χ0n) is 11.5. The van der Waals surface area contributed by atoms with Crippen LogP contribution in [-0.4, -0.2) is 41.7 Å². The monoisotopic (exact) mass is 277 g/mol. The van der Waals surface area contributed by atoms with E-state index >= 15 is 0 Å². The highest BCUT2D eigenvalue weighted by molar-refractivity contribution is 5.84. The van der Waals surface area contributed by atoms with Gasteiger partial charge in [-0.25, -0.2) is 9.97 Å². The minimum Gasteiger partial charge on any atom is -0.383 e. The summed E-state index contributed by atoms with van der Waals surface area (Å²) >= 11 is 0. The van der Waals surface area contributed by atoms with E-state index in [4.69, 9.17) is 16.2 Å². The molecule has 2 aliphatic rings. The van der Waals surface area contributed by atoms with Gasteiger partial charge in [0.05, 0.1) is 13.2 Å². The van der Waals surface area contributed by atoms with Crippen LogP contribution in [-0.2, 0) is 9.53 Å². The average molecular weight is 277 g/mol. The van der Waals surface area contributed by atoms with Gasteiger partial charge >= 0.3 is 0 Å². The molecule has 1 saturated heterocycles. The van der Waals surface area contributed by atoms with Crippen molar-refractivity contribution in [3.63, 3.8) is 0 Å². The number of nitrogens with zero attached hydrogens (tertiary/aromatic N) is 3. The lowest BCUT2D eigenvalue weighted by Gasteiger charge is -2.35. The lowest BCUT2D eigenvalue weighted by atomic mass is 10.1. The van der Waals surface area contributed by atoms with Crippen LogP contribution in [0.3, 0.4) is 0 Å². The molecule has 0 aromatic carbocycles.